The number of benzene rings is 1. The van der Waals surface area contributed by atoms with E-state index in [9.17, 15) is 13.2 Å². The first-order valence-electron chi connectivity index (χ1n) is 6.96. The molecule has 0 bridgehead atoms. The van der Waals surface area contributed by atoms with Crippen LogP contribution in [-0.4, -0.2) is 31.6 Å². The summed E-state index contributed by atoms with van der Waals surface area (Å²) in [5, 5.41) is 0. The Hall–Kier alpha value is -1.20. The average Bonchev–Trinajstić information content (AvgIpc) is 2.43. The Kier molecular flexibility index (Phi) is 5.89. The quantitative estimate of drug-likeness (QED) is 0.727. The first-order chi connectivity index (χ1) is 9.32. The maximum absolute atomic E-state index is 12.6. The standard InChI is InChI=1S/C15H23NO3S/c1-5-15(17)13-8-7-9-14(10-13)20(18,19)16(6-2)11-12(3)4/h7-10,12H,5-6,11H2,1-4H3. The molecule has 1 aromatic rings. The number of nitrogens with zero attached hydrogens (tertiary/aromatic N) is 1. The third kappa shape index (κ3) is 3.90. The Labute approximate surface area is 121 Å². The van der Waals surface area contributed by atoms with E-state index in [-0.39, 0.29) is 16.6 Å². The van der Waals surface area contributed by atoms with Crippen LogP contribution in [0, 0.1) is 5.92 Å². The van der Waals surface area contributed by atoms with Gasteiger partial charge in [-0.25, -0.2) is 8.42 Å². The van der Waals surface area contributed by atoms with Gasteiger partial charge < -0.3 is 0 Å². The highest BCUT2D eigenvalue weighted by atomic mass is 32.2. The number of carbonyl (C=O) groups is 1. The molecule has 0 atom stereocenters. The molecule has 0 aromatic heterocycles. The van der Waals surface area contributed by atoms with Crippen molar-refractivity contribution in [3.8, 4) is 0 Å². The van der Waals surface area contributed by atoms with E-state index in [0.717, 1.165) is 0 Å². The smallest absolute Gasteiger partial charge is 0.243 e. The SMILES string of the molecule is CCC(=O)c1cccc(S(=O)(=O)N(CC)CC(C)C)c1. The summed E-state index contributed by atoms with van der Waals surface area (Å²) in [7, 11) is -3.53. The molecule has 1 aromatic carbocycles. The second kappa shape index (κ2) is 6.99. The summed E-state index contributed by atoms with van der Waals surface area (Å²) >= 11 is 0. The number of carbonyl (C=O) groups excluding carboxylic acids is 1. The Balaban J connectivity index is 3.17. The fraction of sp³-hybridized carbons (Fsp3) is 0.533. The number of ketones is 1. The van der Waals surface area contributed by atoms with Crippen LogP contribution < -0.4 is 0 Å². The molecule has 0 radical (unpaired) electrons. The fourth-order valence-electron chi connectivity index (χ4n) is 1.99. The molecule has 112 valence electrons. The van der Waals surface area contributed by atoms with E-state index in [1.165, 1.54) is 10.4 Å². The van der Waals surface area contributed by atoms with E-state index in [1.54, 1.807) is 25.1 Å². The zero-order valence-electron chi connectivity index (χ0n) is 12.6. The van der Waals surface area contributed by atoms with Gasteiger partial charge in [-0.2, -0.15) is 4.31 Å². The molecule has 0 fully saturated rings. The summed E-state index contributed by atoms with van der Waals surface area (Å²) in [5.74, 6) is 0.208. The fourth-order valence-corrected chi connectivity index (χ4v) is 3.65. The Bertz CT molecular complexity index is 564. The van der Waals surface area contributed by atoms with Crippen LogP contribution >= 0.6 is 0 Å². The number of rotatable bonds is 7. The van der Waals surface area contributed by atoms with Gasteiger partial charge in [-0.15, -0.1) is 0 Å². The predicted molar refractivity (Wildman–Crippen MR) is 80.3 cm³/mol. The van der Waals surface area contributed by atoms with E-state index in [0.29, 0.717) is 25.1 Å². The molecular weight excluding hydrogens is 274 g/mol. The summed E-state index contributed by atoms with van der Waals surface area (Å²) in [6.07, 6.45) is 0.368. The molecule has 0 amide bonds. The van der Waals surface area contributed by atoms with Crippen molar-refractivity contribution in [1.82, 2.24) is 4.31 Å². The van der Waals surface area contributed by atoms with Gasteiger partial charge in [0.1, 0.15) is 0 Å². The van der Waals surface area contributed by atoms with Crippen LogP contribution in [-0.2, 0) is 10.0 Å². The zero-order chi connectivity index (χ0) is 15.3. The van der Waals surface area contributed by atoms with Crippen molar-refractivity contribution in [2.45, 2.75) is 39.0 Å². The first-order valence-corrected chi connectivity index (χ1v) is 8.40. The van der Waals surface area contributed by atoms with Crippen LogP contribution in [0.4, 0.5) is 0 Å². The van der Waals surface area contributed by atoms with Gasteiger partial charge in [-0.1, -0.05) is 39.8 Å². The van der Waals surface area contributed by atoms with E-state index < -0.39 is 10.0 Å². The van der Waals surface area contributed by atoms with Crippen molar-refractivity contribution >= 4 is 15.8 Å². The first kappa shape index (κ1) is 16.9. The normalized spacial score (nSPS) is 12.1. The van der Waals surface area contributed by atoms with Crippen molar-refractivity contribution < 1.29 is 13.2 Å². The summed E-state index contributed by atoms with van der Waals surface area (Å²) in [4.78, 5) is 11.9. The average molecular weight is 297 g/mol. The molecule has 4 nitrogen and oxygen atoms in total. The van der Waals surface area contributed by atoms with Crippen LogP contribution in [0.1, 0.15) is 44.5 Å². The monoisotopic (exact) mass is 297 g/mol. The molecule has 1 rings (SSSR count). The summed E-state index contributed by atoms with van der Waals surface area (Å²) in [6, 6.07) is 6.30. The van der Waals surface area contributed by atoms with Crippen molar-refractivity contribution in [3.63, 3.8) is 0 Å². The molecule has 0 saturated carbocycles. The minimum absolute atomic E-state index is 0.0473. The van der Waals surface area contributed by atoms with Crippen LogP contribution in [0.25, 0.3) is 0 Å². The number of hydrogen-bond donors (Lipinski definition) is 0. The second-order valence-electron chi connectivity index (χ2n) is 5.15. The molecule has 0 N–H and O–H groups in total. The Morgan fingerprint density at radius 3 is 2.40 bits per heavy atom. The summed E-state index contributed by atoms with van der Waals surface area (Å²) in [5.41, 5.74) is 0.453. The van der Waals surface area contributed by atoms with Gasteiger partial charge in [0, 0.05) is 25.1 Å². The third-order valence-corrected chi connectivity index (χ3v) is 4.97. The summed E-state index contributed by atoms with van der Waals surface area (Å²) in [6.45, 7) is 8.45. The molecule has 0 saturated heterocycles. The van der Waals surface area contributed by atoms with Gasteiger partial charge in [-0.05, 0) is 18.1 Å². The molecule has 5 heteroatoms. The number of sulfonamides is 1. The van der Waals surface area contributed by atoms with Crippen molar-refractivity contribution in [3.05, 3.63) is 29.8 Å². The molecular formula is C15H23NO3S. The lowest BCUT2D eigenvalue weighted by Gasteiger charge is -2.22. The lowest BCUT2D eigenvalue weighted by atomic mass is 10.1. The largest absolute Gasteiger partial charge is 0.294 e. The summed E-state index contributed by atoms with van der Waals surface area (Å²) < 4.78 is 26.6. The van der Waals surface area contributed by atoms with Gasteiger partial charge in [-0.3, -0.25) is 4.79 Å². The van der Waals surface area contributed by atoms with Gasteiger partial charge >= 0.3 is 0 Å². The maximum Gasteiger partial charge on any atom is 0.243 e. The van der Waals surface area contributed by atoms with Crippen molar-refractivity contribution in [2.75, 3.05) is 13.1 Å². The topological polar surface area (TPSA) is 54.5 Å². The molecule has 0 aliphatic heterocycles. The zero-order valence-corrected chi connectivity index (χ0v) is 13.4. The van der Waals surface area contributed by atoms with Crippen molar-refractivity contribution in [2.24, 2.45) is 5.92 Å². The molecule has 0 aliphatic carbocycles. The minimum Gasteiger partial charge on any atom is -0.294 e. The second-order valence-corrected chi connectivity index (χ2v) is 7.09. The van der Waals surface area contributed by atoms with Gasteiger partial charge in [0.05, 0.1) is 4.90 Å². The molecule has 0 spiro atoms. The number of hydrogen-bond acceptors (Lipinski definition) is 3. The van der Waals surface area contributed by atoms with E-state index in [2.05, 4.69) is 0 Å². The van der Waals surface area contributed by atoms with E-state index in [1.807, 2.05) is 20.8 Å². The van der Waals surface area contributed by atoms with Gasteiger partial charge in [0.15, 0.2) is 5.78 Å². The van der Waals surface area contributed by atoms with Crippen molar-refractivity contribution in [1.29, 1.82) is 0 Å². The number of Topliss-reactive ketones (excluding diaryl/α,β-unsaturated/α-hetero) is 1. The lowest BCUT2D eigenvalue weighted by molar-refractivity contribution is 0.0988. The van der Waals surface area contributed by atoms with Crippen LogP contribution in [0.3, 0.4) is 0 Å². The third-order valence-electron chi connectivity index (χ3n) is 3.04. The van der Waals surface area contributed by atoms with Crippen LogP contribution in [0.15, 0.2) is 29.2 Å². The maximum atomic E-state index is 12.6. The highest BCUT2D eigenvalue weighted by Crippen LogP contribution is 2.19. The van der Waals surface area contributed by atoms with Crippen LogP contribution in [0.2, 0.25) is 0 Å². The highest BCUT2D eigenvalue weighted by molar-refractivity contribution is 7.89. The molecule has 20 heavy (non-hydrogen) atoms. The van der Waals surface area contributed by atoms with Gasteiger partial charge in [0.2, 0.25) is 10.0 Å². The Morgan fingerprint density at radius 1 is 1.25 bits per heavy atom. The van der Waals surface area contributed by atoms with Gasteiger partial charge in [0.25, 0.3) is 0 Å². The molecule has 0 unspecified atom stereocenters. The highest BCUT2D eigenvalue weighted by Gasteiger charge is 2.24. The predicted octanol–water partition coefficient (Wildman–Crippen LogP) is 2.95. The Morgan fingerprint density at radius 2 is 1.90 bits per heavy atom. The minimum atomic E-state index is -3.53. The van der Waals surface area contributed by atoms with E-state index in [4.69, 9.17) is 0 Å². The van der Waals surface area contributed by atoms with Crippen LogP contribution in [0.5, 0.6) is 0 Å². The lowest BCUT2D eigenvalue weighted by Crippen LogP contribution is -2.34. The molecule has 0 heterocycles. The van der Waals surface area contributed by atoms with E-state index >= 15 is 0 Å². The molecule has 0 aliphatic rings.